The summed E-state index contributed by atoms with van der Waals surface area (Å²) >= 11 is 0.755. The molecule has 0 saturated carbocycles. The van der Waals surface area contributed by atoms with Gasteiger partial charge in [0, 0.05) is 0 Å². The van der Waals surface area contributed by atoms with E-state index in [1.165, 1.54) is 10.6 Å². The molecule has 0 aliphatic heterocycles. The van der Waals surface area contributed by atoms with Crippen molar-refractivity contribution < 1.29 is 5.11 Å². The molecule has 0 radical (unpaired) electrons. The Balaban J connectivity index is 0.000000506. The van der Waals surface area contributed by atoms with Gasteiger partial charge in [-0.3, -0.25) is 0 Å². The number of hydrogen-bond donors (Lipinski definition) is 0. The van der Waals surface area contributed by atoms with Crippen molar-refractivity contribution in [2.24, 2.45) is 23.7 Å². The van der Waals surface area contributed by atoms with Crippen molar-refractivity contribution >= 4 is 15.2 Å². The molecule has 0 heterocycles. The molecule has 1 rings (SSSR count). The molecule has 0 saturated heterocycles. The Labute approximate surface area is 158 Å². The predicted molar refractivity (Wildman–Crippen MR) is 108 cm³/mol. The third-order valence-corrected chi connectivity index (χ3v) is 6.26. The zero-order valence-electron chi connectivity index (χ0n) is 17.4. The second-order valence-corrected chi connectivity index (χ2v) is 10.2. The Morgan fingerprint density at radius 2 is 1.08 bits per heavy atom. The number of para-hydroxylation sites is 1. The zero-order valence-corrected chi connectivity index (χ0v) is 18.5. The van der Waals surface area contributed by atoms with Gasteiger partial charge in [-0.15, -0.1) is 5.75 Å². The molecule has 0 amide bonds. The van der Waals surface area contributed by atoms with Crippen LogP contribution in [0.3, 0.4) is 0 Å². The molecule has 0 bridgehead atoms. The van der Waals surface area contributed by atoms with Crippen molar-refractivity contribution in [3.8, 4) is 5.75 Å². The molecule has 0 N–H and O–H groups in total. The summed E-state index contributed by atoms with van der Waals surface area (Å²) in [5.41, 5.74) is 1.95. The normalized spacial score (nSPS) is 11.0. The van der Waals surface area contributed by atoms with E-state index in [2.05, 4.69) is 55.4 Å². The fourth-order valence-electron chi connectivity index (χ4n) is 2.60. The molecule has 0 spiro atoms. The first kappa shape index (κ1) is 23.6. The van der Waals surface area contributed by atoms with Gasteiger partial charge in [0.1, 0.15) is 0 Å². The number of hydrogen-bond acceptors (Lipinski definition) is 1. The molecule has 24 heavy (non-hydrogen) atoms. The monoisotopic (exact) mass is 346 g/mol. The van der Waals surface area contributed by atoms with Gasteiger partial charge in [0.15, 0.2) is 0 Å². The van der Waals surface area contributed by atoms with Gasteiger partial charge in [-0.1, -0.05) is 57.0 Å². The van der Waals surface area contributed by atoms with Crippen LogP contribution in [-0.2, 0) is 12.8 Å². The maximum absolute atomic E-state index is 12.0. The van der Waals surface area contributed by atoms with Crippen LogP contribution < -0.4 is 5.11 Å². The molecular weight excluding hydrogens is 307 g/mol. The van der Waals surface area contributed by atoms with E-state index in [4.69, 9.17) is 0 Å². The molecule has 0 aliphatic rings. The van der Waals surface area contributed by atoms with Crippen molar-refractivity contribution in [3.05, 3.63) is 29.3 Å². The average Bonchev–Trinajstić information content (AvgIpc) is 2.42. The first-order valence-electron chi connectivity index (χ1n) is 9.72. The molecule has 1 aromatic rings. The van der Waals surface area contributed by atoms with Crippen molar-refractivity contribution in [3.63, 3.8) is 0 Å². The van der Waals surface area contributed by atoms with Crippen LogP contribution in [0.4, 0.5) is 0 Å². The van der Waals surface area contributed by atoms with Crippen LogP contribution >= 0.6 is 0 Å². The third-order valence-electron chi connectivity index (χ3n) is 3.71. The first-order chi connectivity index (χ1) is 11.1. The predicted octanol–water partition coefficient (Wildman–Crippen LogP) is 6.00. The van der Waals surface area contributed by atoms with Crippen LogP contribution in [0.2, 0.25) is 10.6 Å². The van der Waals surface area contributed by atoms with Gasteiger partial charge in [-0.05, 0) is 24.7 Å². The minimum absolute atomic E-state index is 0.264. The third kappa shape index (κ3) is 12.0. The molecule has 0 unspecified atom stereocenters. The van der Waals surface area contributed by atoms with Crippen molar-refractivity contribution in [2.45, 2.75) is 78.8 Å². The van der Waals surface area contributed by atoms with Crippen LogP contribution in [-0.4, -0.2) is 15.2 Å². The van der Waals surface area contributed by atoms with Crippen molar-refractivity contribution in [2.75, 3.05) is 0 Å². The second kappa shape index (κ2) is 12.8. The summed E-state index contributed by atoms with van der Waals surface area (Å²) in [6.07, 6.45) is 1.79. The van der Waals surface area contributed by atoms with Crippen LogP contribution in [0, 0.1) is 23.7 Å². The summed E-state index contributed by atoms with van der Waals surface area (Å²) in [5.74, 6) is 3.22. The molecule has 0 aromatic heterocycles. The SMILES string of the molecule is CC(C)Cc1cccc(CC(C)C)c1[O-].CC(C)[CH2][Al+][CH2]C(C)C. The van der Waals surface area contributed by atoms with E-state index in [-0.39, 0.29) is 5.75 Å². The Morgan fingerprint density at radius 1 is 0.708 bits per heavy atom. The van der Waals surface area contributed by atoms with E-state index in [1.54, 1.807) is 0 Å². The molecule has 2 heteroatoms. The summed E-state index contributed by atoms with van der Waals surface area (Å²) < 4.78 is 0. The quantitative estimate of drug-likeness (QED) is 0.530. The van der Waals surface area contributed by atoms with Gasteiger partial charge < -0.3 is 5.11 Å². The summed E-state index contributed by atoms with van der Waals surface area (Å²) in [6.45, 7) is 17.8. The molecule has 0 atom stereocenters. The van der Waals surface area contributed by atoms with E-state index in [0.717, 1.165) is 51.0 Å². The zero-order chi connectivity index (χ0) is 18.7. The van der Waals surface area contributed by atoms with Gasteiger partial charge in [0.05, 0.1) is 0 Å². The summed E-state index contributed by atoms with van der Waals surface area (Å²) in [4.78, 5) is 0. The summed E-state index contributed by atoms with van der Waals surface area (Å²) in [6, 6.07) is 5.94. The van der Waals surface area contributed by atoms with Crippen LogP contribution in [0.1, 0.15) is 66.5 Å². The fourth-order valence-corrected chi connectivity index (χ4v) is 4.13. The topological polar surface area (TPSA) is 23.1 Å². The standard InChI is InChI=1S/C14H22O.2C4H9.Al/c1-10(2)8-12-6-5-7-13(14(12)15)9-11(3)4;2*1-4(2)3;/h5-7,10-11,15H,8-9H2,1-4H3;2*4H,1H2,2-3H3;/q;;;+1/p-1. The number of rotatable bonds is 8. The van der Waals surface area contributed by atoms with Gasteiger partial charge in [-0.2, -0.15) is 0 Å². The molecule has 0 aliphatic carbocycles. The van der Waals surface area contributed by atoms with Crippen molar-refractivity contribution in [1.82, 2.24) is 0 Å². The number of benzene rings is 1. The molecule has 0 fully saturated rings. The Kier molecular flexibility index (Phi) is 12.6. The van der Waals surface area contributed by atoms with E-state index >= 15 is 0 Å². The average molecular weight is 347 g/mol. The van der Waals surface area contributed by atoms with E-state index < -0.39 is 0 Å². The van der Waals surface area contributed by atoms with Gasteiger partial charge in [0.2, 0.25) is 0 Å². The molecule has 136 valence electrons. The van der Waals surface area contributed by atoms with Crippen LogP contribution in [0.5, 0.6) is 5.75 Å². The van der Waals surface area contributed by atoms with Crippen LogP contribution in [0.15, 0.2) is 18.2 Å². The van der Waals surface area contributed by atoms with Gasteiger partial charge in [0.25, 0.3) is 0 Å². The molecule has 1 aromatic carbocycles. The Morgan fingerprint density at radius 3 is 1.38 bits per heavy atom. The Hall–Kier alpha value is -0.448. The fraction of sp³-hybridized carbons (Fsp3) is 0.727. The summed E-state index contributed by atoms with van der Waals surface area (Å²) in [5, 5.41) is 15.0. The molecule has 1 nitrogen and oxygen atoms in total. The summed E-state index contributed by atoms with van der Waals surface area (Å²) in [7, 11) is 0. The van der Waals surface area contributed by atoms with E-state index in [1.807, 2.05) is 18.2 Å². The second-order valence-electron chi connectivity index (χ2n) is 8.65. The maximum atomic E-state index is 12.0. The van der Waals surface area contributed by atoms with Crippen LogP contribution in [0.25, 0.3) is 0 Å². The van der Waals surface area contributed by atoms with Gasteiger partial charge >= 0.3 is 65.3 Å². The van der Waals surface area contributed by atoms with Gasteiger partial charge in [-0.25, -0.2) is 0 Å². The first-order valence-corrected chi connectivity index (χ1v) is 11.4. The Bertz CT molecular complexity index is 399. The van der Waals surface area contributed by atoms with E-state index in [9.17, 15) is 5.11 Å². The van der Waals surface area contributed by atoms with Crippen molar-refractivity contribution in [1.29, 1.82) is 0 Å². The minimum atomic E-state index is 0.264. The molecular formula is C22H39AlO. The van der Waals surface area contributed by atoms with E-state index in [0.29, 0.717) is 11.8 Å².